The molecule has 2 unspecified atom stereocenters. The van der Waals surface area contributed by atoms with Crippen molar-refractivity contribution in [2.75, 3.05) is 23.5 Å². The lowest BCUT2D eigenvalue weighted by molar-refractivity contribution is 0.0662. The van der Waals surface area contributed by atoms with Crippen LogP contribution < -0.4 is 10.3 Å². The molecule has 2 aromatic heterocycles. The second kappa shape index (κ2) is 7.27. The van der Waals surface area contributed by atoms with Gasteiger partial charge in [0.1, 0.15) is 0 Å². The third kappa shape index (κ3) is 3.26. The lowest BCUT2D eigenvalue weighted by Gasteiger charge is -2.23. The Hall–Kier alpha value is -3.60. The molecule has 11 nitrogen and oxygen atoms in total. The van der Waals surface area contributed by atoms with E-state index in [0.29, 0.717) is 12.0 Å². The van der Waals surface area contributed by atoms with E-state index in [4.69, 9.17) is 9.73 Å². The highest BCUT2D eigenvalue weighted by atomic mass is 16.5. The number of ether oxygens (including phenoxy) is 1. The number of hydrogen-bond donors (Lipinski definition) is 1. The van der Waals surface area contributed by atoms with Crippen molar-refractivity contribution in [2.45, 2.75) is 31.1 Å². The fraction of sp³-hybridized carbons (Fsp3) is 0.400. The van der Waals surface area contributed by atoms with Crippen LogP contribution in [0.1, 0.15) is 18.9 Å². The van der Waals surface area contributed by atoms with Gasteiger partial charge in [-0.05, 0) is 31.0 Å². The number of aromatic nitrogens is 4. The molecule has 5 heterocycles. The van der Waals surface area contributed by atoms with Crippen LogP contribution in [0, 0.1) is 0 Å². The van der Waals surface area contributed by atoms with Gasteiger partial charge in [-0.15, -0.1) is 0 Å². The van der Waals surface area contributed by atoms with E-state index < -0.39 is 0 Å². The standard InChI is InChI=1S/C20H22N10O/c1-28-18-8-16(3-2-13(18)9-22-28)30-19-17(26-27-30)11-21-20(25-19)24-14-10-23-29(12-14)15-4-6-31-7-5-15/h2-3,8-12,15,17,19H,4-7H2,1H3,(H,24,25). The number of anilines is 2. The van der Waals surface area contributed by atoms with E-state index >= 15 is 0 Å². The molecule has 2 atom stereocenters. The fourth-order valence-corrected chi connectivity index (χ4v) is 4.14. The zero-order valence-corrected chi connectivity index (χ0v) is 17.0. The molecule has 1 N–H and O–H groups in total. The minimum absolute atomic E-state index is 0.210. The Balaban J connectivity index is 1.22. The molecule has 158 valence electrons. The second-order valence-corrected chi connectivity index (χ2v) is 7.87. The van der Waals surface area contributed by atoms with Gasteiger partial charge in [-0.3, -0.25) is 9.36 Å². The van der Waals surface area contributed by atoms with Gasteiger partial charge in [-0.2, -0.15) is 15.3 Å². The van der Waals surface area contributed by atoms with Crippen LogP contribution in [-0.2, 0) is 11.8 Å². The van der Waals surface area contributed by atoms with Crippen molar-refractivity contribution in [1.82, 2.24) is 19.6 Å². The number of aliphatic imine (C=N–C) groups is 2. The van der Waals surface area contributed by atoms with Gasteiger partial charge in [0.2, 0.25) is 5.96 Å². The van der Waals surface area contributed by atoms with Gasteiger partial charge in [0.05, 0.1) is 35.3 Å². The van der Waals surface area contributed by atoms with Crippen LogP contribution in [0.25, 0.3) is 10.9 Å². The predicted molar refractivity (Wildman–Crippen MR) is 116 cm³/mol. The number of aryl methyl sites for hydroxylation is 1. The predicted octanol–water partition coefficient (Wildman–Crippen LogP) is 2.56. The largest absolute Gasteiger partial charge is 0.381 e. The van der Waals surface area contributed by atoms with E-state index in [0.717, 1.165) is 48.3 Å². The maximum Gasteiger partial charge on any atom is 0.224 e. The summed E-state index contributed by atoms with van der Waals surface area (Å²) in [6, 6.07) is 6.26. The molecule has 0 spiro atoms. The molecule has 6 rings (SSSR count). The summed E-state index contributed by atoms with van der Waals surface area (Å²) in [7, 11) is 1.92. The topological polar surface area (TPSA) is 110 Å². The molecular formula is C20H22N10O. The molecule has 3 aromatic rings. The number of guanidine groups is 1. The van der Waals surface area contributed by atoms with E-state index in [9.17, 15) is 0 Å². The lowest BCUT2D eigenvalue weighted by Crippen LogP contribution is -2.38. The number of benzene rings is 1. The summed E-state index contributed by atoms with van der Waals surface area (Å²) < 4.78 is 9.28. The van der Waals surface area contributed by atoms with Crippen LogP contribution >= 0.6 is 0 Å². The summed E-state index contributed by atoms with van der Waals surface area (Å²) in [5.41, 5.74) is 2.80. The highest BCUT2D eigenvalue weighted by molar-refractivity contribution is 6.01. The van der Waals surface area contributed by atoms with Gasteiger partial charge < -0.3 is 10.1 Å². The first-order chi connectivity index (χ1) is 15.2. The van der Waals surface area contributed by atoms with Crippen LogP contribution in [0.2, 0.25) is 0 Å². The molecule has 11 heteroatoms. The Morgan fingerprint density at radius 1 is 1.13 bits per heavy atom. The van der Waals surface area contributed by atoms with Crippen LogP contribution in [0.3, 0.4) is 0 Å². The summed E-state index contributed by atoms with van der Waals surface area (Å²) in [6.45, 7) is 1.56. The van der Waals surface area contributed by atoms with Crippen molar-refractivity contribution < 1.29 is 4.74 Å². The molecule has 3 aliphatic heterocycles. The van der Waals surface area contributed by atoms with Crippen molar-refractivity contribution in [3.63, 3.8) is 0 Å². The van der Waals surface area contributed by atoms with Gasteiger partial charge in [0.25, 0.3) is 0 Å². The first-order valence-corrected chi connectivity index (χ1v) is 10.4. The molecule has 0 bridgehead atoms. The molecular weight excluding hydrogens is 396 g/mol. The van der Waals surface area contributed by atoms with Gasteiger partial charge in [0.15, 0.2) is 12.2 Å². The molecule has 1 aromatic carbocycles. The number of hydrogen-bond acceptors (Lipinski definition) is 9. The molecule has 0 saturated carbocycles. The Labute approximate surface area is 178 Å². The number of nitrogens with zero attached hydrogens (tertiary/aromatic N) is 9. The average Bonchev–Trinajstić information content (AvgIpc) is 3.53. The molecule has 1 fully saturated rings. The van der Waals surface area contributed by atoms with E-state index in [1.165, 1.54) is 0 Å². The Kier molecular flexibility index (Phi) is 4.27. The normalized spacial score (nSPS) is 23.4. The molecule has 31 heavy (non-hydrogen) atoms. The van der Waals surface area contributed by atoms with Crippen molar-refractivity contribution in [3.8, 4) is 0 Å². The quantitative estimate of drug-likeness (QED) is 0.703. The maximum absolute atomic E-state index is 5.44. The number of rotatable bonds is 3. The van der Waals surface area contributed by atoms with Gasteiger partial charge >= 0.3 is 0 Å². The minimum atomic E-state index is -0.281. The van der Waals surface area contributed by atoms with Crippen LogP contribution in [0.5, 0.6) is 0 Å². The zero-order chi connectivity index (χ0) is 20.8. The molecule has 0 aliphatic carbocycles. The third-order valence-corrected chi connectivity index (χ3v) is 5.86. The third-order valence-electron chi connectivity index (χ3n) is 5.86. The first-order valence-electron chi connectivity index (χ1n) is 10.4. The molecule has 0 amide bonds. The number of nitrogens with one attached hydrogen (secondary N) is 1. The maximum atomic E-state index is 5.44. The summed E-state index contributed by atoms with van der Waals surface area (Å²) in [6.07, 6.45) is 9.10. The van der Waals surface area contributed by atoms with Gasteiger partial charge in [-0.25, -0.2) is 15.0 Å². The fourth-order valence-electron chi connectivity index (χ4n) is 4.14. The molecule has 1 saturated heterocycles. The summed E-state index contributed by atoms with van der Waals surface area (Å²) >= 11 is 0. The van der Waals surface area contributed by atoms with Gasteiger partial charge in [-0.1, -0.05) is 5.22 Å². The highest BCUT2D eigenvalue weighted by Crippen LogP contribution is 2.30. The average molecular weight is 418 g/mol. The van der Waals surface area contributed by atoms with Gasteiger partial charge in [0, 0.05) is 38.1 Å². The Morgan fingerprint density at radius 3 is 2.94 bits per heavy atom. The molecule has 3 aliphatic rings. The van der Waals surface area contributed by atoms with Crippen LogP contribution in [0.4, 0.5) is 11.4 Å². The van der Waals surface area contributed by atoms with Crippen molar-refractivity contribution in [3.05, 3.63) is 36.8 Å². The van der Waals surface area contributed by atoms with E-state index in [1.807, 2.05) is 45.9 Å². The van der Waals surface area contributed by atoms with Crippen LogP contribution in [-0.4, -0.2) is 57.2 Å². The van der Waals surface area contributed by atoms with Crippen molar-refractivity contribution >= 4 is 34.5 Å². The zero-order valence-electron chi connectivity index (χ0n) is 17.0. The summed E-state index contributed by atoms with van der Waals surface area (Å²) in [5.74, 6) is 0.520. The first kappa shape index (κ1) is 18.2. The smallest absolute Gasteiger partial charge is 0.224 e. The van der Waals surface area contributed by atoms with Crippen LogP contribution in [0.15, 0.2) is 57.1 Å². The van der Waals surface area contributed by atoms with E-state index in [-0.39, 0.29) is 12.2 Å². The highest BCUT2D eigenvalue weighted by Gasteiger charge is 2.35. The monoisotopic (exact) mass is 418 g/mol. The second-order valence-electron chi connectivity index (χ2n) is 7.87. The summed E-state index contributed by atoms with van der Waals surface area (Å²) in [5, 5.41) is 23.7. The minimum Gasteiger partial charge on any atom is -0.381 e. The van der Waals surface area contributed by atoms with E-state index in [1.54, 1.807) is 12.4 Å². The summed E-state index contributed by atoms with van der Waals surface area (Å²) in [4.78, 5) is 9.21. The Bertz CT molecular complexity index is 1200. The lowest BCUT2D eigenvalue weighted by atomic mass is 10.1. The molecule has 0 radical (unpaired) electrons. The van der Waals surface area contributed by atoms with Crippen molar-refractivity contribution in [1.29, 1.82) is 0 Å². The van der Waals surface area contributed by atoms with E-state index in [2.05, 4.69) is 36.9 Å². The number of fused-ring (bicyclic) bond motifs is 2. The van der Waals surface area contributed by atoms with Crippen molar-refractivity contribution in [2.24, 2.45) is 27.4 Å². The SMILES string of the molecule is Cn1ncc2ccc(N3N=NC4C=NC(Nc5cnn(C6CCOCC6)c5)=NC43)cc21. The Morgan fingerprint density at radius 2 is 2.03 bits per heavy atom.